The Morgan fingerprint density at radius 1 is 1.17 bits per heavy atom. The lowest BCUT2D eigenvalue weighted by Crippen LogP contribution is -3.15. The number of hydrogen-bond acceptors (Lipinski definition) is 6. The van der Waals surface area contributed by atoms with Gasteiger partial charge in [-0.15, -0.1) is 0 Å². The van der Waals surface area contributed by atoms with Crippen molar-refractivity contribution in [3.63, 3.8) is 0 Å². The first kappa shape index (κ1) is 20.0. The SMILES string of the molecule is Cc1nn(-c2cc(N3CC[NH+](CCO)CC3)ccc2[N+](=O)[O-])c(=O)c2ccccc12. The largest absolute Gasteiger partial charge is 0.391 e. The number of aliphatic hydroxyl groups excluding tert-OH is 1. The molecule has 3 aromatic rings. The number of nitrogens with zero attached hydrogens (tertiary/aromatic N) is 4. The number of aliphatic hydroxyl groups is 1. The second kappa shape index (κ2) is 8.21. The Kier molecular flexibility index (Phi) is 5.47. The average Bonchev–Trinajstić information content (AvgIpc) is 2.76. The van der Waals surface area contributed by atoms with Crippen LogP contribution in [0.2, 0.25) is 0 Å². The monoisotopic (exact) mass is 410 g/mol. The van der Waals surface area contributed by atoms with E-state index in [9.17, 15) is 14.9 Å². The molecule has 1 saturated heterocycles. The summed E-state index contributed by atoms with van der Waals surface area (Å²) < 4.78 is 1.15. The van der Waals surface area contributed by atoms with Crippen LogP contribution in [-0.4, -0.2) is 59.1 Å². The fourth-order valence-electron chi connectivity index (χ4n) is 4.03. The molecule has 156 valence electrons. The van der Waals surface area contributed by atoms with Gasteiger partial charge in [0, 0.05) is 17.1 Å². The quantitative estimate of drug-likeness (QED) is 0.463. The Morgan fingerprint density at radius 2 is 1.87 bits per heavy atom. The summed E-state index contributed by atoms with van der Waals surface area (Å²) in [7, 11) is 0. The molecule has 0 saturated carbocycles. The van der Waals surface area contributed by atoms with E-state index in [0.717, 1.165) is 48.5 Å². The number of benzene rings is 2. The summed E-state index contributed by atoms with van der Waals surface area (Å²) in [4.78, 5) is 27.8. The molecule has 4 rings (SSSR count). The highest BCUT2D eigenvalue weighted by Gasteiger charge is 2.24. The van der Waals surface area contributed by atoms with Gasteiger partial charge >= 0.3 is 0 Å². The van der Waals surface area contributed by atoms with Crippen molar-refractivity contribution in [2.45, 2.75) is 6.92 Å². The molecule has 0 spiro atoms. The van der Waals surface area contributed by atoms with Gasteiger partial charge in [-0.05, 0) is 25.1 Å². The van der Waals surface area contributed by atoms with E-state index in [1.54, 1.807) is 31.2 Å². The third kappa shape index (κ3) is 3.64. The minimum atomic E-state index is -0.485. The number of rotatable bonds is 5. The number of piperazine rings is 1. The lowest BCUT2D eigenvalue weighted by molar-refractivity contribution is -0.900. The summed E-state index contributed by atoms with van der Waals surface area (Å²) in [6, 6.07) is 12.0. The van der Waals surface area contributed by atoms with Crippen molar-refractivity contribution in [1.82, 2.24) is 9.78 Å². The number of nitro groups is 1. The zero-order chi connectivity index (χ0) is 21.3. The topological polar surface area (TPSA) is 106 Å². The number of nitrogens with one attached hydrogen (secondary N) is 1. The third-order valence-electron chi connectivity index (χ3n) is 5.67. The molecule has 30 heavy (non-hydrogen) atoms. The number of hydrogen-bond donors (Lipinski definition) is 2. The van der Waals surface area contributed by atoms with Crippen molar-refractivity contribution < 1.29 is 14.9 Å². The molecule has 0 bridgehead atoms. The van der Waals surface area contributed by atoms with E-state index in [2.05, 4.69) is 10.00 Å². The molecule has 1 fully saturated rings. The zero-order valence-electron chi connectivity index (χ0n) is 16.7. The first-order chi connectivity index (χ1) is 14.5. The number of nitro benzene ring substituents is 1. The van der Waals surface area contributed by atoms with E-state index in [0.29, 0.717) is 11.1 Å². The van der Waals surface area contributed by atoms with Crippen LogP contribution in [0.25, 0.3) is 16.5 Å². The van der Waals surface area contributed by atoms with Gasteiger partial charge in [0.05, 0.1) is 48.8 Å². The summed E-state index contributed by atoms with van der Waals surface area (Å²) in [5.41, 5.74) is 1.08. The van der Waals surface area contributed by atoms with Crippen molar-refractivity contribution in [2.24, 2.45) is 0 Å². The maximum absolute atomic E-state index is 13.1. The lowest BCUT2D eigenvalue weighted by Gasteiger charge is -2.33. The predicted octanol–water partition coefficient (Wildman–Crippen LogP) is 0.300. The number of aromatic nitrogens is 2. The van der Waals surface area contributed by atoms with Crippen molar-refractivity contribution >= 4 is 22.1 Å². The molecule has 9 nitrogen and oxygen atoms in total. The lowest BCUT2D eigenvalue weighted by atomic mass is 10.1. The molecule has 1 aliphatic rings. The highest BCUT2D eigenvalue weighted by atomic mass is 16.6. The Labute approximate surface area is 172 Å². The zero-order valence-corrected chi connectivity index (χ0v) is 16.7. The highest BCUT2D eigenvalue weighted by Crippen LogP contribution is 2.28. The smallest absolute Gasteiger partial charge is 0.295 e. The summed E-state index contributed by atoms with van der Waals surface area (Å²) in [6.07, 6.45) is 0. The van der Waals surface area contributed by atoms with E-state index >= 15 is 0 Å². The van der Waals surface area contributed by atoms with Crippen LogP contribution in [0.1, 0.15) is 5.69 Å². The van der Waals surface area contributed by atoms with E-state index < -0.39 is 4.92 Å². The van der Waals surface area contributed by atoms with Gasteiger partial charge in [-0.25, -0.2) is 0 Å². The highest BCUT2D eigenvalue weighted by molar-refractivity contribution is 5.83. The van der Waals surface area contributed by atoms with Crippen molar-refractivity contribution in [2.75, 3.05) is 44.2 Å². The molecule has 2 aromatic carbocycles. The predicted molar refractivity (Wildman–Crippen MR) is 114 cm³/mol. The summed E-state index contributed by atoms with van der Waals surface area (Å²) in [5, 5.41) is 26.4. The number of anilines is 1. The Hall–Kier alpha value is -3.30. The van der Waals surface area contributed by atoms with Gasteiger partial charge in [0.15, 0.2) is 0 Å². The van der Waals surface area contributed by atoms with Crippen LogP contribution in [0.5, 0.6) is 0 Å². The van der Waals surface area contributed by atoms with Gasteiger partial charge in [-0.2, -0.15) is 9.78 Å². The molecule has 0 unspecified atom stereocenters. The van der Waals surface area contributed by atoms with E-state index in [4.69, 9.17) is 5.11 Å². The van der Waals surface area contributed by atoms with Gasteiger partial charge in [0.25, 0.3) is 11.2 Å². The summed E-state index contributed by atoms with van der Waals surface area (Å²) in [6.45, 7) is 5.96. The van der Waals surface area contributed by atoms with Gasteiger partial charge in [0.2, 0.25) is 0 Å². The number of quaternary nitrogens is 1. The van der Waals surface area contributed by atoms with E-state index in [1.165, 1.54) is 11.0 Å². The first-order valence-corrected chi connectivity index (χ1v) is 9.96. The fraction of sp³-hybridized carbons (Fsp3) is 0.333. The molecule has 0 aliphatic carbocycles. The van der Waals surface area contributed by atoms with Crippen LogP contribution in [0, 0.1) is 17.0 Å². The summed E-state index contributed by atoms with van der Waals surface area (Å²) >= 11 is 0. The van der Waals surface area contributed by atoms with Crippen LogP contribution < -0.4 is 15.4 Å². The van der Waals surface area contributed by atoms with Crippen LogP contribution in [0.4, 0.5) is 11.4 Å². The summed E-state index contributed by atoms with van der Waals surface area (Å²) in [5.74, 6) is 0. The maximum atomic E-state index is 13.1. The Morgan fingerprint density at radius 3 is 2.53 bits per heavy atom. The third-order valence-corrected chi connectivity index (χ3v) is 5.67. The van der Waals surface area contributed by atoms with Gasteiger partial charge in [-0.1, -0.05) is 18.2 Å². The maximum Gasteiger partial charge on any atom is 0.295 e. The van der Waals surface area contributed by atoms with Gasteiger partial charge < -0.3 is 14.9 Å². The van der Waals surface area contributed by atoms with Crippen LogP contribution in [0.15, 0.2) is 47.3 Å². The minimum Gasteiger partial charge on any atom is -0.391 e. The molecule has 0 radical (unpaired) electrons. The van der Waals surface area contributed by atoms with Gasteiger partial charge in [0.1, 0.15) is 12.2 Å². The molecule has 2 N–H and O–H groups in total. The number of fused-ring (bicyclic) bond motifs is 1. The van der Waals surface area contributed by atoms with Crippen LogP contribution >= 0.6 is 0 Å². The van der Waals surface area contributed by atoms with E-state index in [1.807, 2.05) is 12.1 Å². The fourth-order valence-corrected chi connectivity index (χ4v) is 4.03. The molecule has 0 atom stereocenters. The second-order valence-electron chi connectivity index (χ2n) is 7.49. The average molecular weight is 410 g/mol. The molecule has 0 amide bonds. The number of aryl methyl sites for hydroxylation is 1. The van der Waals surface area contributed by atoms with Crippen molar-refractivity contribution in [3.05, 3.63) is 68.6 Å². The standard InChI is InChI=1S/C21H23N5O4/c1-15-17-4-2-3-5-18(17)21(28)25(22-15)20-14-16(6-7-19(20)26(29)30)24-10-8-23(9-11-24)12-13-27/h2-7,14,27H,8-13H2,1H3/p+1. The molecular weight excluding hydrogens is 386 g/mol. The molecule has 1 aromatic heterocycles. The Balaban J connectivity index is 1.79. The van der Waals surface area contributed by atoms with Gasteiger partial charge in [-0.3, -0.25) is 14.9 Å². The van der Waals surface area contributed by atoms with Crippen molar-refractivity contribution in [3.8, 4) is 5.69 Å². The van der Waals surface area contributed by atoms with Crippen LogP contribution in [0.3, 0.4) is 0 Å². The molecule has 1 aliphatic heterocycles. The first-order valence-electron chi connectivity index (χ1n) is 9.96. The molecule has 9 heteroatoms. The van der Waals surface area contributed by atoms with Crippen molar-refractivity contribution in [1.29, 1.82) is 0 Å². The Bertz CT molecular complexity index is 1150. The van der Waals surface area contributed by atoms with Crippen LogP contribution in [-0.2, 0) is 0 Å². The molecular formula is C21H24N5O4+. The minimum absolute atomic E-state index is 0.160. The van der Waals surface area contributed by atoms with E-state index in [-0.39, 0.29) is 23.5 Å². The normalized spacial score (nSPS) is 14.9. The molecule has 2 heterocycles. The second-order valence-corrected chi connectivity index (χ2v) is 7.49.